The molecule has 0 radical (unpaired) electrons. The molecule has 1 amide bonds. The molecule has 0 bridgehead atoms. The summed E-state index contributed by atoms with van der Waals surface area (Å²) in [5.74, 6) is -1.60. The minimum atomic E-state index is -1.11. The second-order valence-electron chi connectivity index (χ2n) is 5.12. The number of carbonyl (C=O) groups is 2. The van der Waals surface area contributed by atoms with Crippen LogP contribution in [0.1, 0.15) is 24.2 Å². The molecule has 2 aromatic carbocycles. The molecule has 2 rings (SSSR count). The maximum atomic E-state index is 13.6. The lowest BCUT2D eigenvalue weighted by atomic mass is 10.2. The molecule has 132 valence electrons. The van der Waals surface area contributed by atoms with E-state index in [9.17, 15) is 14.0 Å². The van der Waals surface area contributed by atoms with Crippen LogP contribution in [0.15, 0.2) is 42.5 Å². The Balaban J connectivity index is 1.97. The highest BCUT2D eigenvalue weighted by molar-refractivity contribution is 6.30. The van der Waals surface area contributed by atoms with E-state index in [0.717, 1.165) is 12.1 Å². The van der Waals surface area contributed by atoms with Crippen LogP contribution in [0.2, 0.25) is 5.02 Å². The average molecular weight is 366 g/mol. The van der Waals surface area contributed by atoms with Crippen molar-refractivity contribution < 1.29 is 23.5 Å². The molecule has 1 N–H and O–H groups in total. The van der Waals surface area contributed by atoms with Gasteiger partial charge < -0.3 is 14.8 Å². The summed E-state index contributed by atoms with van der Waals surface area (Å²) in [6, 6.07) is 10.3. The summed E-state index contributed by atoms with van der Waals surface area (Å²) in [5.41, 5.74) is 0.193. The SMILES string of the molecule is CCOc1ccc(NC(=O)[C@H](C)OC(=O)c2cc(Cl)ccc2F)cc1. The normalized spacial score (nSPS) is 11.5. The fourth-order valence-electron chi connectivity index (χ4n) is 1.98. The lowest BCUT2D eigenvalue weighted by molar-refractivity contribution is -0.123. The standard InChI is InChI=1S/C18H17ClFNO4/c1-3-24-14-7-5-13(6-8-14)21-17(22)11(2)25-18(23)15-10-12(19)4-9-16(15)20/h4-11H,3H2,1-2H3,(H,21,22)/t11-/m0/s1. The summed E-state index contributed by atoms with van der Waals surface area (Å²) in [4.78, 5) is 24.1. The number of amides is 1. The van der Waals surface area contributed by atoms with Gasteiger partial charge in [0.15, 0.2) is 6.10 Å². The molecular weight excluding hydrogens is 349 g/mol. The van der Waals surface area contributed by atoms with Crippen LogP contribution in [0.5, 0.6) is 5.75 Å². The van der Waals surface area contributed by atoms with E-state index in [1.807, 2.05) is 6.92 Å². The number of hydrogen-bond donors (Lipinski definition) is 1. The van der Waals surface area contributed by atoms with Crippen molar-refractivity contribution in [2.45, 2.75) is 20.0 Å². The minimum Gasteiger partial charge on any atom is -0.494 e. The Morgan fingerprint density at radius 3 is 2.52 bits per heavy atom. The highest BCUT2D eigenvalue weighted by Crippen LogP contribution is 2.18. The van der Waals surface area contributed by atoms with Crippen LogP contribution in [0.4, 0.5) is 10.1 Å². The zero-order chi connectivity index (χ0) is 18.4. The predicted molar refractivity (Wildman–Crippen MR) is 92.5 cm³/mol. The molecule has 2 aromatic rings. The molecule has 0 aromatic heterocycles. The Morgan fingerprint density at radius 2 is 1.88 bits per heavy atom. The number of benzene rings is 2. The van der Waals surface area contributed by atoms with Crippen LogP contribution in [-0.2, 0) is 9.53 Å². The Morgan fingerprint density at radius 1 is 1.20 bits per heavy atom. The van der Waals surface area contributed by atoms with Gasteiger partial charge in [0.25, 0.3) is 5.91 Å². The largest absolute Gasteiger partial charge is 0.494 e. The quantitative estimate of drug-likeness (QED) is 0.784. The third-order valence-electron chi connectivity index (χ3n) is 3.23. The third kappa shape index (κ3) is 5.19. The molecule has 5 nitrogen and oxygen atoms in total. The molecule has 0 unspecified atom stereocenters. The Bertz CT molecular complexity index is 764. The summed E-state index contributed by atoms with van der Waals surface area (Å²) in [6.45, 7) is 3.80. The Kier molecular flexibility index (Phi) is 6.36. The third-order valence-corrected chi connectivity index (χ3v) is 3.47. The molecule has 0 saturated carbocycles. The van der Waals surface area contributed by atoms with Crippen molar-refractivity contribution in [1.82, 2.24) is 0 Å². The smallest absolute Gasteiger partial charge is 0.341 e. The van der Waals surface area contributed by atoms with Gasteiger partial charge in [0.2, 0.25) is 0 Å². The second kappa shape index (κ2) is 8.48. The first-order valence-corrected chi connectivity index (χ1v) is 7.98. The zero-order valence-electron chi connectivity index (χ0n) is 13.7. The van der Waals surface area contributed by atoms with Gasteiger partial charge in [-0.15, -0.1) is 0 Å². The van der Waals surface area contributed by atoms with E-state index in [1.165, 1.54) is 13.0 Å². The van der Waals surface area contributed by atoms with Crippen LogP contribution >= 0.6 is 11.6 Å². The van der Waals surface area contributed by atoms with Gasteiger partial charge in [-0.2, -0.15) is 0 Å². The second-order valence-corrected chi connectivity index (χ2v) is 5.55. The molecule has 0 fully saturated rings. The van der Waals surface area contributed by atoms with Gasteiger partial charge in [-0.1, -0.05) is 11.6 Å². The van der Waals surface area contributed by atoms with Crippen molar-refractivity contribution in [3.8, 4) is 5.75 Å². The molecule has 0 heterocycles. The summed E-state index contributed by atoms with van der Waals surface area (Å²) in [5, 5.41) is 2.80. The first-order valence-electron chi connectivity index (χ1n) is 7.60. The van der Waals surface area contributed by atoms with Gasteiger partial charge in [-0.3, -0.25) is 4.79 Å². The van der Waals surface area contributed by atoms with Gasteiger partial charge in [0.1, 0.15) is 11.6 Å². The molecule has 0 aliphatic heterocycles. The summed E-state index contributed by atoms with van der Waals surface area (Å²) < 4.78 is 23.9. The maximum Gasteiger partial charge on any atom is 0.341 e. The molecule has 0 saturated heterocycles. The zero-order valence-corrected chi connectivity index (χ0v) is 14.5. The van der Waals surface area contributed by atoms with Crippen LogP contribution in [-0.4, -0.2) is 24.6 Å². The Labute approximate surface area is 149 Å². The van der Waals surface area contributed by atoms with Crippen molar-refractivity contribution in [3.63, 3.8) is 0 Å². The van der Waals surface area contributed by atoms with Crippen molar-refractivity contribution >= 4 is 29.2 Å². The maximum absolute atomic E-state index is 13.6. The molecule has 0 aliphatic carbocycles. The van der Waals surface area contributed by atoms with Gasteiger partial charge >= 0.3 is 5.97 Å². The topological polar surface area (TPSA) is 64.6 Å². The number of anilines is 1. The van der Waals surface area contributed by atoms with Crippen molar-refractivity contribution in [3.05, 3.63) is 58.9 Å². The van der Waals surface area contributed by atoms with Crippen LogP contribution in [0.25, 0.3) is 0 Å². The van der Waals surface area contributed by atoms with Crippen LogP contribution in [0, 0.1) is 5.82 Å². The van der Waals surface area contributed by atoms with E-state index in [2.05, 4.69) is 5.32 Å². The summed E-state index contributed by atoms with van der Waals surface area (Å²) >= 11 is 5.74. The van der Waals surface area contributed by atoms with E-state index < -0.39 is 23.8 Å². The van der Waals surface area contributed by atoms with Gasteiger partial charge in [0, 0.05) is 10.7 Å². The van der Waals surface area contributed by atoms with Crippen molar-refractivity contribution in [2.24, 2.45) is 0 Å². The van der Waals surface area contributed by atoms with E-state index in [4.69, 9.17) is 21.1 Å². The lowest BCUT2D eigenvalue weighted by Gasteiger charge is -2.14. The van der Waals surface area contributed by atoms with E-state index in [0.29, 0.717) is 18.0 Å². The molecule has 7 heteroatoms. The van der Waals surface area contributed by atoms with Gasteiger partial charge in [0.05, 0.1) is 12.2 Å². The predicted octanol–water partition coefficient (Wildman–Crippen LogP) is 4.06. The number of ether oxygens (including phenoxy) is 2. The highest BCUT2D eigenvalue weighted by atomic mass is 35.5. The molecule has 0 spiro atoms. The van der Waals surface area contributed by atoms with Crippen LogP contribution in [0.3, 0.4) is 0 Å². The highest BCUT2D eigenvalue weighted by Gasteiger charge is 2.21. The van der Waals surface area contributed by atoms with Crippen molar-refractivity contribution in [2.75, 3.05) is 11.9 Å². The number of carbonyl (C=O) groups excluding carboxylic acids is 2. The van der Waals surface area contributed by atoms with Crippen molar-refractivity contribution in [1.29, 1.82) is 0 Å². The number of nitrogens with one attached hydrogen (secondary N) is 1. The number of esters is 1. The molecular formula is C18H17ClFNO4. The summed E-state index contributed by atoms with van der Waals surface area (Å²) in [6.07, 6.45) is -1.11. The number of hydrogen-bond acceptors (Lipinski definition) is 4. The first kappa shape index (κ1) is 18.7. The Hall–Kier alpha value is -2.60. The molecule has 0 aliphatic rings. The number of rotatable bonds is 6. The molecule has 25 heavy (non-hydrogen) atoms. The average Bonchev–Trinajstić information content (AvgIpc) is 2.58. The van der Waals surface area contributed by atoms with Crippen LogP contribution < -0.4 is 10.1 Å². The van der Waals surface area contributed by atoms with E-state index in [1.54, 1.807) is 24.3 Å². The first-order chi connectivity index (χ1) is 11.9. The summed E-state index contributed by atoms with van der Waals surface area (Å²) in [7, 11) is 0. The fraction of sp³-hybridized carbons (Fsp3) is 0.222. The van der Waals surface area contributed by atoms with E-state index >= 15 is 0 Å². The lowest BCUT2D eigenvalue weighted by Crippen LogP contribution is -2.30. The van der Waals surface area contributed by atoms with Gasteiger partial charge in [-0.05, 0) is 56.3 Å². The molecule has 1 atom stereocenters. The number of halogens is 2. The fourth-order valence-corrected chi connectivity index (χ4v) is 2.15. The minimum absolute atomic E-state index is 0.194. The monoisotopic (exact) mass is 365 g/mol. The van der Waals surface area contributed by atoms with E-state index in [-0.39, 0.29) is 10.6 Å². The van der Waals surface area contributed by atoms with Gasteiger partial charge in [-0.25, -0.2) is 9.18 Å².